The fourth-order valence-electron chi connectivity index (χ4n) is 3.68. The molecule has 32 heavy (non-hydrogen) atoms. The second kappa shape index (κ2) is 8.82. The predicted molar refractivity (Wildman–Crippen MR) is 129 cm³/mol. The Kier molecular flexibility index (Phi) is 5.94. The normalized spacial score (nSPS) is 14.3. The molecular formula is C26H18N2O2P2. The van der Waals surface area contributed by atoms with Gasteiger partial charge >= 0.3 is 0 Å². The molecule has 154 valence electrons. The molecule has 4 aromatic carbocycles. The lowest BCUT2D eigenvalue weighted by Crippen LogP contribution is -2.26. The fraction of sp³-hybridized carbons (Fsp3) is 0. The van der Waals surface area contributed by atoms with Gasteiger partial charge in [-0.15, -0.1) is 0 Å². The number of benzene rings is 4. The number of rotatable bonds is 5. The first-order valence-corrected chi connectivity index (χ1v) is 14.0. The van der Waals surface area contributed by atoms with Gasteiger partial charge in [0.1, 0.15) is 0 Å². The van der Waals surface area contributed by atoms with Crippen LogP contribution in [0.2, 0.25) is 0 Å². The first kappa shape index (κ1) is 21.5. The van der Waals surface area contributed by atoms with E-state index in [0.29, 0.717) is 32.3 Å². The Morgan fingerprint density at radius 1 is 0.438 bits per heavy atom. The van der Waals surface area contributed by atoms with E-state index in [1.54, 1.807) is 97.1 Å². The number of hydrogen-bond acceptors (Lipinski definition) is 4. The monoisotopic (exact) mass is 452 g/mol. The Hall–Kier alpha value is -3.68. The van der Waals surface area contributed by atoms with Gasteiger partial charge in [0.2, 0.25) is 13.7 Å². The lowest BCUT2D eigenvalue weighted by Gasteiger charge is -2.30. The van der Waals surface area contributed by atoms with Crippen LogP contribution in [0.5, 0.6) is 0 Å². The molecule has 4 aromatic rings. The summed E-state index contributed by atoms with van der Waals surface area (Å²) in [4.78, 5) is 0. The number of nitriles is 2. The Labute approximate surface area is 187 Å². The molecular weight excluding hydrogens is 434 g/mol. The summed E-state index contributed by atoms with van der Waals surface area (Å²) in [5.74, 6) is 0. The van der Waals surface area contributed by atoms with Crippen molar-refractivity contribution in [2.45, 2.75) is 0 Å². The molecule has 0 radical (unpaired) electrons. The summed E-state index contributed by atoms with van der Waals surface area (Å²) in [6, 6.07) is 34.7. The van der Waals surface area contributed by atoms with E-state index in [-0.39, 0.29) is 0 Å². The van der Waals surface area contributed by atoms with Crippen molar-refractivity contribution in [3.05, 3.63) is 120 Å². The lowest BCUT2D eigenvalue weighted by atomic mass is 10.2. The molecule has 2 unspecified atom stereocenters. The van der Waals surface area contributed by atoms with Gasteiger partial charge in [0.25, 0.3) is 0 Å². The summed E-state index contributed by atoms with van der Waals surface area (Å²) in [5, 5.41) is 20.2. The van der Waals surface area contributed by atoms with Crippen LogP contribution in [0.15, 0.2) is 109 Å². The molecule has 0 aliphatic heterocycles. The minimum Gasteiger partial charge on any atom is -0.305 e. The van der Waals surface area contributed by atoms with Crippen LogP contribution < -0.4 is 21.2 Å². The van der Waals surface area contributed by atoms with Gasteiger partial charge in [0.15, 0.2) is 0 Å². The molecule has 0 N–H and O–H groups in total. The Morgan fingerprint density at radius 3 is 1.00 bits per heavy atom. The zero-order chi connectivity index (χ0) is 22.6. The summed E-state index contributed by atoms with van der Waals surface area (Å²) in [6.45, 7) is -7.56. The average molecular weight is 452 g/mol. The predicted octanol–water partition coefficient (Wildman–Crippen LogP) is 4.67. The second-order valence-corrected chi connectivity index (χ2v) is 14.9. The minimum absolute atomic E-state index is 0.416. The lowest BCUT2D eigenvalue weighted by molar-refractivity contribution is 0.578. The molecule has 0 amide bonds. The van der Waals surface area contributed by atoms with Crippen molar-refractivity contribution in [2.75, 3.05) is 0 Å². The van der Waals surface area contributed by atoms with Gasteiger partial charge in [0.05, 0.1) is 23.3 Å². The highest BCUT2D eigenvalue weighted by atomic mass is 32.1. The van der Waals surface area contributed by atoms with Crippen molar-refractivity contribution in [3.63, 3.8) is 0 Å². The van der Waals surface area contributed by atoms with Crippen LogP contribution in [-0.2, 0) is 9.13 Å². The Bertz CT molecular complexity index is 1310. The van der Waals surface area contributed by atoms with Gasteiger partial charge in [0, 0.05) is 21.2 Å². The van der Waals surface area contributed by atoms with Crippen LogP contribution in [0.4, 0.5) is 0 Å². The molecule has 0 saturated heterocycles. The van der Waals surface area contributed by atoms with E-state index in [4.69, 9.17) is 0 Å². The van der Waals surface area contributed by atoms with Gasteiger partial charge in [-0.2, -0.15) is 10.5 Å². The number of nitrogens with zero attached hydrogens (tertiary/aromatic N) is 2. The summed E-state index contributed by atoms with van der Waals surface area (Å²) in [6.07, 6.45) is 0. The summed E-state index contributed by atoms with van der Waals surface area (Å²) in [5.41, 5.74) is 0.863. The molecule has 4 rings (SSSR count). The van der Waals surface area contributed by atoms with E-state index in [2.05, 4.69) is 12.1 Å². The van der Waals surface area contributed by atoms with Crippen LogP contribution in [0.25, 0.3) is 0 Å². The van der Waals surface area contributed by atoms with E-state index in [9.17, 15) is 10.5 Å². The smallest absolute Gasteiger partial charge is 0.206 e. The maximum atomic E-state index is 15.2. The van der Waals surface area contributed by atoms with Gasteiger partial charge in [-0.3, -0.25) is 0 Å². The highest BCUT2D eigenvalue weighted by Gasteiger charge is 2.49. The van der Waals surface area contributed by atoms with Crippen molar-refractivity contribution in [3.8, 4) is 12.1 Å². The zero-order valence-corrected chi connectivity index (χ0v) is 18.8. The molecule has 0 saturated carbocycles. The Morgan fingerprint density at radius 2 is 0.719 bits per heavy atom. The van der Waals surface area contributed by atoms with Crippen molar-refractivity contribution in [1.82, 2.24) is 0 Å². The van der Waals surface area contributed by atoms with Crippen LogP contribution in [0, 0.1) is 22.7 Å². The van der Waals surface area contributed by atoms with Gasteiger partial charge in [-0.05, 0) is 48.5 Å². The minimum atomic E-state index is -3.78. The summed E-state index contributed by atoms with van der Waals surface area (Å²) in [7, 11) is 0. The maximum absolute atomic E-state index is 15.2. The zero-order valence-electron chi connectivity index (χ0n) is 17.0. The number of hydrogen-bond donors (Lipinski definition) is 0. The first-order chi connectivity index (χ1) is 15.5. The second-order valence-electron chi connectivity index (χ2n) is 7.14. The standard InChI is InChI=1S/C26H18N2O2P2/c27-19-21-11-15-25(16-12-21)31(29,23-7-3-1-4-8-23)32(30,24-9-5-2-6-10-24)26-17-13-22(20-28)14-18-26/h1-18H. The van der Waals surface area contributed by atoms with Crippen LogP contribution in [0.3, 0.4) is 0 Å². The van der Waals surface area contributed by atoms with Crippen LogP contribution >= 0.6 is 13.7 Å². The van der Waals surface area contributed by atoms with E-state index in [0.717, 1.165) is 0 Å². The SMILES string of the molecule is N#Cc1ccc(P(=O)(c2ccccc2)P(=O)(c2ccccc2)c2ccc(C#N)cc2)cc1. The van der Waals surface area contributed by atoms with E-state index >= 15 is 9.13 Å². The van der Waals surface area contributed by atoms with Crippen molar-refractivity contribution in [2.24, 2.45) is 0 Å². The largest absolute Gasteiger partial charge is 0.305 e. The van der Waals surface area contributed by atoms with Gasteiger partial charge in [-0.1, -0.05) is 60.7 Å². The highest BCUT2D eigenvalue weighted by Crippen LogP contribution is 2.78. The molecule has 0 aliphatic rings. The summed E-state index contributed by atoms with van der Waals surface area (Å²) < 4.78 is 30.4. The molecule has 2 atom stereocenters. The van der Waals surface area contributed by atoms with Crippen molar-refractivity contribution < 1.29 is 9.13 Å². The van der Waals surface area contributed by atoms with Crippen LogP contribution in [0.1, 0.15) is 11.1 Å². The first-order valence-electron chi connectivity index (χ1n) is 9.87. The average Bonchev–Trinajstić information content (AvgIpc) is 2.88. The van der Waals surface area contributed by atoms with Crippen molar-refractivity contribution in [1.29, 1.82) is 10.5 Å². The van der Waals surface area contributed by atoms with E-state index in [1.807, 2.05) is 12.1 Å². The molecule has 0 bridgehead atoms. The third-order valence-corrected chi connectivity index (χ3v) is 15.2. The summed E-state index contributed by atoms with van der Waals surface area (Å²) >= 11 is 0. The molecule has 0 heterocycles. The van der Waals surface area contributed by atoms with Crippen LogP contribution in [-0.4, -0.2) is 0 Å². The topological polar surface area (TPSA) is 81.7 Å². The van der Waals surface area contributed by atoms with E-state index in [1.165, 1.54) is 0 Å². The van der Waals surface area contributed by atoms with Crippen molar-refractivity contribution >= 4 is 34.9 Å². The quantitative estimate of drug-likeness (QED) is 0.412. The molecule has 0 spiro atoms. The molecule has 0 aliphatic carbocycles. The van der Waals surface area contributed by atoms with Gasteiger partial charge in [-0.25, -0.2) is 0 Å². The molecule has 0 fully saturated rings. The fourth-order valence-corrected chi connectivity index (χ4v) is 13.3. The maximum Gasteiger partial charge on any atom is 0.206 e. The molecule has 4 nitrogen and oxygen atoms in total. The third-order valence-electron chi connectivity index (χ3n) is 5.30. The Balaban J connectivity index is 2.10. The molecule has 6 heteroatoms. The molecule has 0 aromatic heterocycles. The highest BCUT2D eigenvalue weighted by molar-refractivity contribution is 8.47. The van der Waals surface area contributed by atoms with E-state index < -0.39 is 13.7 Å². The third kappa shape index (κ3) is 3.51. The van der Waals surface area contributed by atoms with Gasteiger partial charge < -0.3 is 9.13 Å².